The van der Waals surface area contributed by atoms with Gasteiger partial charge < -0.3 is 25.2 Å². The van der Waals surface area contributed by atoms with Crippen LogP contribution < -0.4 is 10.6 Å². The van der Waals surface area contributed by atoms with Crippen LogP contribution in [-0.4, -0.2) is 61.6 Å². The van der Waals surface area contributed by atoms with Gasteiger partial charge in [-0.2, -0.15) is 0 Å². The zero-order valence-electron chi connectivity index (χ0n) is 19.4. The predicted molar refractivity (Wildman–Crippen MR) is 121 cm³/mol. The van der Waals surface area contributed by atoms with E-state index in [1.165, 1.54) is 0 Å². The predicted octanol–water partition coefficient (Wildman–Crippen LogP) is 3.51. The van der Waals surface area contributed by atoms with Gasteiger partial charge >= 0.3 is 12.2 Å². The van der Waals surface area contributed by atoms with Crippen LogP contribution in [0, 0.1) is 6.92 Å². The van der Waals surface area contributed by atoms with Crippen LogP contribution in [-0.2, 0) is 15.2 Å². The number of aliphatic hydroxyl groups is 1. The van der Waals surface area contributed by atoms with Gasteiger partial charge in [-0.15, -0.1) is 0 Å². The zero-order valence-corrected chi connectivity index (χ0v) is 19.4. The number of aryl methyl sites for hydroxylation is 1. The molecule has 1 aromatic carbocycles. The molecule has 0 aliphatic carbocycles. The standard InChI is InChI=1S/C23H39N3O5/c1-5-7-13-24-21(27)30-17-15-26(16-18-31-22(28)25-14-8-6-2)23(4,29)20-11-9-19(3)10-12-20/h9-12,29H,5-8,13-18H2,1-4H3,(H,24,27)(H,25,28). The fourth-order valence-corrected chi connectivity index (χ4v) is 2.93. The maximum absolute atomic E-state index is 11.8. The molecule has 8 nitrogen and oxygen atoms in total. The number of benzene rings is 1. The summed E-state index contributed by atoms with van der Waals surface area (Å²) in [5.74, 6) is 0. The largest absolute Gasteiger partial charge is 0.448 e. The van der Waals surface area contributed by atoms with Crippen LogP contribution in [0.5, 0.6) is 0 Å². The minimum Gasteiger partial charge on any atom is -0.448 e. The second-order valence-electron chi connectivity index (χ2n) is 7.71. The van der Waals surface area contributed by atoms with E-state index >= 15 is 0 Å². The molecule has 8 heteroatoms. The molecule has 0 saturated heterocycles. The highest BCUT2D eigenvalue weighted by Crippen LogP contribution is 2.25. The second-order valence-corrected chi connectivity index (χ2v) is 7.71. The number of nitrogens with one attached hydrogen (secondary N) is 2. The average Bonchev–Trinajstić information content (AvgIpc) is 2.73. The second kappa shape index (κ2) is 14.6. The number of carbonyl (C=O) groups excluding carboxylic acids is 2. The summed E-state index contributed by atoms with van der Waals surface area (Å²) in [4.78, 5) is 25.3. The number of hydrogen-bond donors (Lipinski definition) is 3. The third-order valence-electron chi connectivity index (χ3n) is 5.00. The first-order chi connectivity index (χ1) is 14.8. The highest BCUT2D eigenvalue weighted by Gasteiger charge is 2.31. The summed E-state index contributed by atoms with van der Waals surface area (Å²) in [6.45, 7) is 9.65. The number of carbonyl (C=O) groups is 2. The Bertz CT molecular complexity index is 621. The van der Waals surface area contributed by atoms with E-state index in [0.717, 1.165) is 31.2 Å². The van der Waals surface area contributed by atoms with Gasteiger partial charge in [0.05, 0.1) is 0 Å². The van der Waals surface area contributed by atoms with Crippen molar-refractivity contribution >= 4 is 12.2 Å². The van der Waals surface area contributed by atoms with Gasteiger partial charge in [0.1, 0.15) is 18.9 Å². The molecule has 31 heavy (non-hydrogen) atoms. The molecule has 0 aliphatic rings. The Kier molecular flexibility index (Phi) is 12.6. The van der Waals surface area contributed by atoms with Gasteiger partial charge in [-0.3, -0.25) is 4.90 Å². The van der Waals surface area contributed by atoms with Gasteiger partial charge in [-0.1, -0.05) is 56.5 Å². The normalized spacial score (nSPS) is 12.8. The van der Waals surface area contributed by atoms with Crippen molar-refractivity contribution in [1.29, 1.82) is 0 Å². The average molecular weight is 438 g/mol. The fraction of sp³-hybridized carbons (Fsp3) is 0.652. The Labute approximate surface area is 186 Å². The lowest BCUT2D eigenvalue weighted by Crippen LogP contribution is -2.47. The highest BCUT2D eigenvalue weighted by atomic mass is 16.6. The summed E-state index contributed by atoms with van der Waals surface area (Å²) in [7, 11) is 0. The van der Waals surface area contributed by atoms with Crippen LogP contribution in [0.3, 0.4) is 0 Å². The molecular weight excluding hydrogens is 398 g/mol. The van der Waals surface area contributed by atoms with E-state index in [1.54, 1.807) is 11.8 Å². The first kappa shape index (κ1) is 26.7. The molecule has 0 radical (unpaired) electrons. The van der Waals surface area contributed by atoms with E-state index in [9.17, 15) is 14.7 Å². The number of amides is 2. The van der Waals surface area contributed by atoms with Crippen LogP contribution in [0.4, 0.5) is 9.59 Å². The molecule has 1 aromatic rings. The molecule has 1 unspecified atom stereocenters. The molecule has 0 bridgehead atoms. The van der Waals surface area contributed by atoms with Crippen molar-refractivity contribution in [1.82, 2.24) is 15.5 Å². The lowest BCUT2D eigenvalue weighted by atomic mass is 10.0. The van der Waals surface area contributed by atoms with E-state index in [4.69, 9.17) is 9.47 Å². The maximum Gasteiger partial charge on any atom is 0.407 e. The smallest absolute Gasteiger partial charge is 0.407 e. The molecule has 1 atom stereocenters. The van der Waals surface area contributed by atoms with Crippen molar-refractivity contribution in [2.45, 2.75) is 59.1 Å². The minimum atomic E-state index is -1.32. The van der Waals surface area contributed by atoms with Crippen LogP contribution >= 0.6 is 0 Å². The van der Waals surface area contributed by atoms with Crippen molar-refractivity contribution in [3.63, 3.8) is 0 Å². The van der Waals surface area contributed by atoms with Gasteiger partial charge in [0.25, 0.3) is 0 Å². The highest BCUT2D eigenvalue weighted by molar-refractivity contribution is 5.67. The number of hydrogen-bond acceptors (Lipinski definition) is 6. The Hall–Kier alpha value is -2.32. The topological polar surface area (TPSA) is 100 Å². The van der Waals surface area contributed by atoms with Crippen molar-refractivity contribution in [2.24, 2.45) is 0 Å². The summed E-state index contributed by atoms with van der Waals surface area (Å²) < 4.78 is 10.5. The molecule has 0 spiro atoms. The number of alkyl carbamates (subject to hydrolysis) is 2. The van der Waals surface area contributed by atoms with E-state index in [0.29, 0.717) is 18.7 Å². The fourth-order valence-electron chi connectivity index (χ4n) is 2.93. The van der Waals surface area contributed by atoms with Crippen LogP contribution in [0.25, 0.3) is 0 Å². The molecule has 0 saturated carbocycles. The van der Waals surface area contributed by atoms with Crippen LogP contribution in [0.2, 0.25) is 0 Å². The Morgan fingerprint density at radius 1 is 0.935 bits per heavy atom. The van der Waals surface area contributed by atoms with Gasteiger partial charge in [-0.25, -0.2) is 9.59 Å². The molecule has 0 heterocycles. The molecule has 1 rings (SSSR count). The molecule has 2 amide bonds. The third-order valence-corrected chi connectivity index (χ3v) is 5.00. The van der Waals surface area contributed by atoms with Crippen LogP contribution in [0.1, 0.15) is 57.6 Å². The first-order valence-corrected chi connectivity index (χ1v) is 11.2. The summed E-state index contributed by atoms with van der Waals surface area (Å²) in [5.41, 5.74) is 0.473. The van der Waals surface area contributed by atoms with Gasteiger partial charge in [0.15, 0.2) is 0 Å². The number of nitrogens with zero attached hydrogens (tertiary/aromatic N) is 1. The lowest BCUT2D eigenvalue weighted by Gasteiger charge is -2.37. The van der Waals surface area contributed by atoms with Crippen molar-refractivity contribution in [3.05, 3.63) is 35.4 Å². The SMILES string of the molecule is CCCCNC(=O)OCCN(CCOC(=O)NCCCC)C(C)(O)c1ccc(C)cc1. The molecule has 0 aliphatic heterocycles. The van der Waals surface area contributed by atoms with Crippen molar-refractivity contribution in [2.75, 3.05) is 39.4 Å². The molecular formula is C23H39N3O5. The summed E-state index contributed by atoms with van der Waals surface area (Å²) in [6, 6.07) is 7.58. The van der Waals surface area contributed by atoms with Crippen molar-refractivity contribution < 1.29 is 24.2 Å². The minimum absolute atomic E-state index is 0.0999. The molecule has 0 aromatic heterocycles. The van der Waals surface area contributed by atoms with Gasteiger partial charge in [-0.05, 0) is 32.3 Å². The van der Waals surface area contributed by atoms with Gasteiger partial charge in [0.2, 0.25) is 0 Å². The summed E-state index contributed by atoms with van der Waals surface area (Å²) >= 11 is 0. The molecule has 0 fully saturated rings. The lowest BCUT2D eigenvalue weighted by molar-refractivity contribution is -0.111. The number of ether oxygens (including phenoxy) is 2. The summed E-state index contributed by atoms with van der Waals surface area (Å²) in [6.07, 6.45) is 2.80. The molecule has 176 valence electrons. The van der Waals surface area contributed by atoms with Crippen molar-refractivity contribution in [3.8, 4) is 0 Å². The van der Waals surface area contributed by atoms with E-state index in [1.807, 2.05) is 45.0 Å². The summed E-state index contributed by atoms with van der Waals surface area (Å²) in [5, 5.41) is 16.6. The van der Waals surface area contributed by atoms with Gasteiger partial charge in [0, 0.05) is 26.2 Å². The van der Waals surface area contributed by atoms with Crippen LogP contribution in [0.15, 0.2) is 24.3 Å². The van der Waals surface area contributed by atoms with E-state index in [-0.39, 0.29) is 26.3 Å². The van der Waals surface area contributed by atoms with E-state index < -0.39 is 17.9 Å². The van der Waals surface area contributed by atoms with E-state index in [2.05, 4.69) is 10.6 Å². The molecule has 3 N–H and O–H groups in total. The number of unbranched alkanes of at least 4 members (excludes halogenated alkanes) is 2. The Morgan fingerprint density at radius 2 is 1.39 bits per heavy atom. The monoisotopic (exact) mass is 437 g/mol. The quantitative estimate of drug-likeness (QED) is 0.304. The Morgan fingerprint density at radius 3 is 1.81 bits per heavy atom. The third kappa shape index (κ3) is 10.5. The zero-order chi connectivity index (χ0) is 23.1. The first-order valence-electron chi connectivity index (χ1n) is 11.2. The maximum atomic E-state index is 11.8. The number of rotatable bonds is 14. The Balaban J connectivity index is 2.67.